The molecule has 3 heteroatoms. The lowest BCUT2D eigenvalue weighted by Crippen LogP contribution is -2.32. The highest BCUT2D eigenvalue weighted by Gasteiger charge is 2.10. The zero-order valence-corrected chi connectivity index (χ0v) is 8.47. The third-order valence-corrected chi connectivity index (χ3v) is 2.07. The van der Waals surface area contributed by atoms with E-state index in [0.717, 1.165) is 5.92 Å². The molecule has 0 aromatic rings. The maximum absolute atomic E-state index is 2.59. The summed E-state index contributed by atoms with van der Waals surface area (Å²) in [6.45, 7) is 8.60. The molecule has 3 nitrogen and oxygen atoms in total. The maximum Gasteiger partial charge on any atom is 0.000438 e. The SMILES string of the molecule is CC(C)CN1CCCCC1.N.O. The molecule has 1 saturated heterocycles. The van der Waals surface area contributed by atoms with Gasteiger partial charge in [-0.2, -0.15) is 0 Å². The highest BCUT2D eigenvalue weighted by atomic mass is 16.0. The first kappa shape index (κ1) is 14.4. The van der Waals surface area contributed by atoms with Crippen LogP contribution in [0.5, 0.6) is 0 Å². The van der Waals surface area contributed by atoms with E-state index in [1.165, 1.54) is 38.9 Å². The van der Waals surface area contributed by atoms with Crippen molar-refractivity contribution in [2.45, 2.75) is 33.1 Å². The van der Waals surface area contributed by atoms with Crippen LogP contribution in [-0.4, -0.2) is 30.0 Å². The van der Waals surface area contributed by atoms with E-state index in [4.69, 9.17) is 0 Å². The van der Waals surface area contributed by atoms with Gasteiger partial charge in [-0.15, -0.1) is 0 Å². The molecule has 1 heterocycles. The molecule has 0 spiro atoms. The van der Waals surface area contributed by atoms with Crippen molar-refractivity contribution in [1.29, 1.82) is 0 Å². The molecule has 1 aliphatic rings. The number of hydrogen-bond donors (Lipinski definition) is 1. The van der Waals surface area contributed by atoms with E-state index in [1.807, 2.05) is 0 Å². The normalized spacial score (nSPS) is 18.2. The van der Waals surface area contributed by atoms with Crippen LogP contribution < -0.4 is 6.15 Å². The third kappa shape index (κ3) is 5.52. The summed E-state index contributed by atoms with van der Waals surface area (Å²) in [5.74, 6) is 0.845. The maximum atomic E-state index is 2.59. The van der Waals surface area contributed by atoms with E-state index in [-0.39, 0.29) is 11.6 Å². The fourth-order valence-electron chi connectivity index (χ4n) is 1.66. The summed E-state index contributed by atoms with van der Waals surface area (Å²) >= 11 is 0. The van der Waals surface area contributed by atoms with Gasteiger partial charge >= 0.3 is 0 Å². The summed E-state index contributed by atoms with van der Waals surface area (Å²) in [6, 6.07) is 0. The highest BCUT2D eigenvalue weighted by molar-refractivity contribution is 4.65. The van der Waals surface area contributed by atoms with Crippen molar-refractivity contribution in [3.05, 3.63) is 0 Å². The molecule has 0 radical (unpaired) electrons. The van der Waals surface area contributed by atoms with Crippen LogP contribution in [0.25, 0.3) is 0 Å². The van der Waals surface area contributed by atoms with Crippen LogP contribution in [0.4, 0.5) is 0 Å². The molecule has 1 fully saturated rings. The summed E-state index contributed by atoms with van der Waals surface area (Å²) in [5.41, 5.74) is 0. The first-order valence-corrected chi connectivity index (χ1v) is 4.51. The predicted octanol–water partition coefficient (Wildman–Crippen LogP) is 1.47. The highest BCUT2D eigenvalue weighted by Crippen LogP contribution is 2.09. The van der Waals surface area contributed by atoms with E-state index in [9.17, 15) is 0 Å². The standard InChI is InChI=1S/C9H19N.H3N.H2O/c1-9(2)8-10-6-4-3-5-7-10;;/h9H,3-8H2,1-2H3;1H3;1H2. The average Bonchev–Trinajstić information content (AvgIpc) is 1.88. The lowest BCUT2D eigenvalue weighted by Gasteiger charge is -2.27. The molecular formula is C9H24N2O. The van der Waals surface area contributed by atoms with E-state index in [2.05, 4.69) is 18.7 Å². The zero-order valence-electron chi connectivity index (χ0n) is 8.47. The Labute approximate surface area is 76.0 Å². The Bertz CT molecular complexity index is 90.5. The Kier molecular flexibility index (Phi) is 9.03. The van der Waals surface area contributed by atoms with Crippen LogP contribution in [0, 0.1) is 5.92 Å². The van der Waals surface area contributed by atoms with Crippen LogP contribution in [0.2, 0.25) is 0 Å². The Morgan fingerprint density at radius 1 is 1.08 bits per heavy atom. The molecular weight excluding hydrogens is 152 g/mol. The molecule has 1 rings (SSSR count). The second-order valence-corrected chi connectivity index (χ2v) is 3.76. The molecule has 0 aromatic carbocycles. The smallest absolute Gasteiger partial charge is 0.000438 e. The lowest BCUT2D eigenvalue weighted by molar-refractivity contribution is 0.206. The lowest BCUT2D eigenvalue weighted by atomic mass is 10.1. The first-order chi connectivity index (χ1) is 4.79. The van der Waals surface area contributed by atoms with Crippen molar-refractivity contribution in [3.8, 4) is 0 Å². The Morgan fingerprint density at radius 3 is 2.00 bits per heavy atom. The molecule has 1 aliphatic heterocycles. The molecule has 76 valence electrons. The van der Waals surface area contributed by atoms with Crippen LogP contribution in [-0.2, 0) is 0 Å². The molecule has 0 aliphatic carbocycles. The second-order valence-electron chi connectivity index (χ2n) is 3.76. The fourth-order valence-corrected chi connectivity index (χ4v) is 1.66. The van der Waals surface area contributed by atoms with E-state index in [1.54, 1.807) is 0 Å². The van der Waals surface area contributed by atoms with E-state index in [0.29, 0.717) is 0 Å². The van der Waals surface area contributed by atoms with Crippen molar-refractivity contribution < 1.29 is 5.48 Å². The van der Waals surface area contributed by atoms with Crippen molar-refractivity contribution in [2.24, 2.45) is 5.92 Å². The van der Waals surface area contributed by atoms with Gasteiger partial charge in [-0.3, -0.25) is 0 Å². The topological polar surface area (TPSA) is 69.7 Å². The summed E-state index contributed by atoms with van der Waals surface area (Å²) in [7, 11) is 0. The molecule has 0 atom stereocenters. The molecule has 0 unspecified atom stereocenters. The van der Waals surface area contributed by atoms with Crippen LogP contribution >= 0.6 is 0 Å². The van der Waals surface area contributed by atoms with Gasteiger partial charge in [0.2, 0.25) is 0 Å². The van der Waals surface area contributed by atoms with Crippen molar-refractivity contribution in [3.63, 3.8) is 0 Å². The Balaban J connectivity index is 0. The monoisotopic (exact) mass is 176 g/mol. The Morgan fingerprint density at radius 2 is 1.58 bits per heavy atom. The second kappa shape index (κ2) is 7.53. The minimum absolute atomic E-state index is 0. The summed E-state index contributed by atoms with van der Waals surface area (Å²) < 4.78 is 0. The van der Waals surface area contributed by atoms with Gasteiger partial charge < -0.3 is 16.5 Å². The summed E-state index contributed by atoms with van der Waals surface area (Å²) in [6.07, 6.45) is 4.30. The summed E-state index contributed by atoms with van der Waals surface area (Å²) in [5, 5.41) is 0. The van der Waals surface area contributed by atoms with Gasteiger partial charge in [-0.25, -0.2) is 0 Å². The molecule has 12 heavy (non-hydrogen) atoms. The van der Waals surface area contributed by atoms with Crippen LogP contribution in [0.15, 0.2) is 0 Å². The number of hydrogen-bond acceptors (Lipinski definition) is 2. The number of nitrogens with zero attached hydrogens (tertiary/aromatic N) is 1. The number of likely N-dealkylation sites (tertiary alicyclic amines) is 1. The van der Waals surface area contributed by atoms with Gasteiger partial charge in [0.15, 0.2) is 0 Å². The molecule has 0 aromatic heterocycles. The van der Waals surface area contributed by atoms with Crippen molar-refractivity contribution in [2.75, 3.05) is 19.6 Å². The van der Waals surface area contributed by atoms with Gasteiger partial charge in [0, 0.05) is 6.54 Å². The van der Waals surface area contributed by atoms with Gasteiger partial charge in [0.1, 0.15) is 0 Å². The fraction of sp³-hybridized carbons (Fsp3) is 1.00. The first-order valence-electron chi connectivity index (χ1n) is 4.51. The van der Waals surface area contributed by atoms with Crippen LogP contribution in [0.3, 0.4) is 0 Å². The minimum atomic E-state index is 0. The van der Waals surface area contributed by atoms with E-state index >= 15 is 0 Å². The molecule has 0 bridgehead atoms. The van der Waals surface area contributed by atoms with Crippen LogP contribution in [0.1, 0.15) is 33.1 Å². The van der Waals surface area contributed by atoms with Gasteiger partial charge in [0.05, 0.1) is 0 Å². The van der Waals surface area contributed by atoms with Crippen molar-refractivity contribution in [1.82, 2.24) is 11.1 Å². The number of rotatable bonds is 2. The van der Waals surface area contributed by atoms with Crippen molar-refractivity contribution >= 4 is 0 Å². The molecule has 0 amide bonds. The summed E-state index contributed by atoms with van der Waals surface area (Å²) in [4.78, 5) is 2.59. The quantitative estimate of drug-likeness (QED) is 0.692. The molecule has 5 N–H and O–H groups in total. The average molecular weight is 176 g/mol. The molecule has 0 saturated carbocycles. The largest absolute Gasteiger partial charge is 0.412 e. The Hall–Kier alpha value is -0.120. The van der Waals surface area contributed by atoms with Gasteiger partial charge in [-0.1, -0.05) is 20.3 Å². The third-order valence-electron chi connectivity index (χ3n) is 2.07. The minimum Gasteiger partial charge on any atom is -0.412 e. The van der Waals surface area contributed by atoms with Gasteiger partial charge in [0.25, 0.3) is 0 Å². The number of piperidine rings is 1. The predicted molar refractivity (Wildman–Crippen MR) is 53.8 cm³/mol. The zero-order chi connectivity index (χ0) is 7.40. The van der Waals surface area contributed by atoms with E-state index < -0.39 is 0 Å². The van der Waals surface area contributed by atoms with Gasteiger partial charge in [-0.05, 0) is 31.8 Å².